The first-order chi connectivity index (χ1) is 8.43. The fraction of sp³-hybridized carbons (Fsp3) is 0.375. The fourth-order valence-electron chi connectivity index (χ4n) is 3.02. The molecule has 0 aliphatic heterocycles. The second-order valence-electron chi connectivity index (χ2n) is 5.05. The van der Waals surface area contributed by atoms with Crippen LogP contribution in [0.1, 0.15) is 43.2 Å². The lowest BCUT2D eigenvalue weighted by molar-refractivity contribution is 0.324. The lowest BCUT2D eigenvalue weighted by Gasteiger charge is -2.29. The van der Waals surface area contributed by atoms with Gasteiger partial charge in [0.05, 0.1) is 0 Å². The normalized spacial score (nSPS) is 24.7. The molecule has 88 valence electrons. The van der Waals surface area contributed by atoms with Crippen molar-refractivity contribution in [3.63, 3.8) is 0 Å². The molecular formula is C16H19N. The largest absolute Gasteiger partial charge is 0.351 e. The van der Waals surface area contributed by atoms with Crippen LogP contribution in [0.25, 0.3) is 0 Å². The van der Waals surface area contributed by atoms with Crippen LogP contribution < -0.4 is 0 Å². The minimum Gasteiger partial charge on any atom is -0.351 e. The molecule has 17 heavy (non-hydrogen) atoms. The van der Waals surface area contributed by atoms with Gasteiger partial charge in [0, 0.05) is 18.4 Å². The van der Waals surface area contributed by atoms with Crippen molar-refractivity contribution in [1.29, 1.82) is 0 Å². The van der Waals surface area contributed by atoms with Gasteiger partial charge in [-0.25, -0.2) is 0 Å². The SMILES string of the molecule is c1ccc(C2CCC(n3cccc3)CC2)cc1. The van der Waals surface area contributed by atoms with Crippen LogP contribution in [0.4, 0.5) is 0 Å². The fourth-order valence-corrected chi connectivity index (χ4v) is 3.02. The Kier molecular flexibility index (Phi) is 3.00. The van der Waals surface area contributed by atoms with Crippen molar-refractivity contribution in [2.45, 2.75) is 37.6 Å². The summed E-state index contributed by atoms with van der Waals surface area (Å²) in [5, 5.41) is 0. The van der Waals surface area contributed by atoms with Gasteiger partial charge in [-0.3, -0.25) is 0 Å². The van der Waals surface area contributed by atoms with E-state index in [4.69, 9.17) is 0 Å². The van der Waals surface area contributed by atoms with E-state index in [9.17, 15) is 0 Å². The standard InChI is InChI=1S/C16H19N/c1-2-6-14(7-3-1)15-8-10-16(11-9-15)17-12-4-5-13-17/h1-7,12-13,15-16H,8-11H2. The number of hydrogen-bond donors (Lipinski definition) is 0. The Labute approximate surface area is 103 Å². The van der Waals surface area contributed by atoms with Crippen LogP contribution >= 0.6 is 0 Å². The van der Waals surface area contributed by atoms with Crippen LogP contribution in [0.5, 0.6) is 0 Å². The highest BCUT2D eigenvalue weighted by atomic mass is 15.0. The van der Waals surface area contributed by atoms with Crippen molar-refractivity contribution in [3.8, 4) is 0 Å². The lowest BCUT2D eigenvalue weighted by Crippen LogP contribution is -2.16. The van der Waals surface area contributed by atoms with Gasteiger partial charge in [0.25, 0.3) is 0 Å². The van der Waals surface area contributed by atoms with Gasteiger partial charge in [0.2, 0.25) is 0 Å². The van der Waals surface area contributed by atoms with E-state index in [2.05, 4.69) is 59.4 Å². The third kappa shape index (κ3) is 2.28. The minimum absolute atomic E-state index is 0.727. The van der Waals surface area contributed by atoms with Crippen molar-refractivity contribution in [3.05, 3.63) is 60.4 Å². The van der Waals surface area contributed by atoms with Crippen LogP contribution in [0.15, 0.2) is 54.9 Å². The molecule has 0 saturated heterocycles. The topological polar surface area (TPSA) is 4.93 Å². The van der Waals surface area contributed by atoms with Crippen molar-refractivity contribution in [2.75, 3.05) is 0 Å². The van der Waals surface area contributed by atoms with E-state index in [0.29, 0.717) is 0 Å². The van der Waals surface area contributed by atoms with E-state index in [-0.39, 0.29) is 0 Å². The van der Waals surface area contributed by atoms with Crippen molar-refractivity contribution >= 4 is 0 Å². The van der Waals surface area contributed by atoms with Crippen molar-refractivity contribution in [2.24, 2.45) is 0 Å². The molecule has 0 atom stereocenters. The van der Waals surface area contributed by atoms with Gasteiger partial charge in [0.15, 0.2) is 0 Å². The van der Waals surface area contributed by atoms with Crippen LogP contribution in [-0.4, -0.2) is 4.57 Å². The van der Waals surface area contributed by atoms with Crippen LogP contribution in [-0.2, 0) is 0 Å². The monoisotopic (exact) mass is 225 g/mol. The summed E-state index contributed by atoms with van der Waals surface area (Å²) in [4.78, 5) is 0. The molecule has 2 aromatic rings. The molecule has 0 N–H and O–H groups in total. The third-order valence-electron chi connectivity index (χ3n) is 4.02. The Morgan fingerprint density at radius 3 is 2.06 bits per heavy atom. The molecule has 1 heteroatoms. The van der Waals surface area contributed by atoms with Gasteiger partial charge >= 0.3 is 0 Å². The predicted octanol–water partition coefficient (Wildman–Crippen LogP) is 4.39. The molecule has 0 amide bonds. The van der Waals surface area contributed by atoms with Gasteiger partial charge in [-0.2, -0.15) is 0 Å². The summed E-state index contributed by atoms with van der Waals surface area (Å²) in [6, 6.07) is 16.0. The van der Waals surface area contributed by atoms with Gasteiger partial charge in [-0.15, -0.1) is 0 Å². The molecule has 3 rings (SSSR count). The summed E-state index contributed by atoms with van der Waals surface area (Å²) in [5.74, 6) is 0.781. The molecule has 1 aliphatic rings. The van der Waals surface area contributed by atoms with Crippen molar-refractivity contribution < 1.29 is 0 Å². The number of hydrogen-bond acceptors (Lipinski definition) is 0. The molecule has 0 radical (unpaired) electrons. The maximum atomic E-state index is 2.38. The Morgan fingerprint density at radius 1 is 0.765 bits per heavy atom. The van der Waals surface area contributed by atoms with Gasteiger partial charge in [-0.05, 0) is 49.3 Å². The van der Waals surface area contributed by atoms with Gasteiger partial charge in [-0.1, -0.05) is 30.3 Å². The first-order valence-corrected chi connectivity index (χ1v) is 6.61. The summed E-state index contributed by atoms with van der Waals surface area (Å²) >= 11 is 0. The summed E-state index contributed by atoms with van der Waals surface area (Å²) in [6.07, 6.45) is 9.68. The molecule has 1 nitrogen and oxygen atoms in total. The zero-order valence-corrected chi connectivity index (χ0v) is 10.1. The Hall–Kier alpha value is -1.50. The first kappa shape index (κ1) is 10.6. The van der Waals surface area contributed by atoms with Crippen molar-refractivity contribution in [1.82, 2.24) is 4.57 Å². The molecule has 0 spiro atoms. The van der Waals surface area contributed by atoms with E-state index in [1.807, 2.05) is 0 Å². The zero-order valence-electron chi connectivity index (χ0n) is 10.1. The predicted molar refractivity (Wildman–Crippen MR) is 71.1 cm³/mol. The maximum Gasteiger partial charge on any atom is 0.0331 e. The maximum absolute atomic E-state index is 2.38. The second kappa shape index (κ2) is 4.79. The van der Waals surface area contributed by atoms with E-state index in [1.54, 1.807) is 0 Å². The highest BCUT2D eigenvalue weighted by Crippen LogP contribution is 2.37. The van der Waals surface area contributed by atoms with E-state index in [1.165, 1.54) is 31.2 Å². The number of aromatic nitrogens is 1. The molecule has 0 bridgehead atoms. The average molecular weight is 225 g/mol. The second-order valence-corrected chi connectivity index (χ2v) is 5.05. The van der Waals surface area contributed by atoms with Gasteiger partial charge in [0.1, 0.15) is 0 Å². The van der Waals surface area contributed by atoms with Crippen LogP contribution in [0.3, 0.4) is 0 Å². The van der Waals surface area contributed by atoms with Crippen LogP contribution in [0.2, 0.25) is 0 Å². The third-order valence-corrected chi connectivity index (χ3v) is 4.02. The number of benzene rings is 1. The molecule has 1 aliphatic carbocycles. The zero-order chi connectivity index (χ0) is 11.5. The molecule has 1 aromatic carbocycles. The lowest BCUT2D eigenvalue weighted by atomic mass is 9.82. The number of rotatable bonds is 2. The smallest absolute Gasteiger partial charge is 0.0331 e. The van der Waals surface area contributed by atoms with E-state index in [0.717, 1.165) is 12.0 Å². The Balaban J connectivity index is 1.65. The highest BCUT2D eigenvalue weighted by molar-refractivity contribution is 5.20. The molecule has 0 unspecified atom stereocenters. The van der Waals surface area contributed by atoms with Crippen LogP contribution in [0, 0.1) is 0 Å². The summed E-state index contributed by atoms with van der Waals surface area (Å²) in [7, 11) is 0. The summed E-state index contributed by atoms with van der Waals surface area (Å²) < 4.78 is 2.38. The summed E-state index contributed by atoms with van der Waals surface area (Å²) in [6.45, 7) is 0. The first-order valence-electron chi connectivity index (χ1n) is 6.61. The summed E-state index contributed by atoms with van der Waals surface area (Å²) in [5.41, 5.74) is 1.53. The molecule has 1 aromatic heterocycles. The molecule has 1 fully saturated rings. The van der Waals surface area contributed by atoms with E-state index < -0.39 is 0 Å². The average Bonchev–Trinajstić information content (AvgIpc) is 2.94. The Morgan fingerprint density at radius 2 is 1.41 bits per heavy atom. The molecule has 1 saturated carbocycles. The quantitative estimate of drug-likeness (QED) is 0.714. The number of nitrogens with zero attached hydrogens (tertiary/aromatic N) is 1. The minimum atomic E-state index is 0.727. The van der Waals surface area contributed by atoms with Gasteiger partial charge < -0.3 is 4.57 Å². The van der Waals surface area contributed by atoms with E-state index >= 15 is 0 Å². The Bertz CT molecular complexity index is 436. The molecular weight excluding hydrogens is 206 g/mol. The molecule has 1 heterocycles. The highest BCUT2D eigenvalue weighted by Gasteiger charge is 2.22.